The number of anilines is 2. The maximum Gasteiger partial charge on any atom is 0.416 e. The summed E-state index contributed by atoms with van der Waals surface area (Å²) in [7, 11) is 0. The van der Waals surface area contributed by atoms with E-state index in [0.29, 0.717) is 17.7 Å². The number of hydrogen-bond donors (Lipinski definition) is 2. The molecule has 4 nitrogen and oxygen atoms in total. The van der Waals surface area contributed by atoms with Gasteiger partial charge < -0.3 is 10.6 Å². The summed E-state index contributed by atoms with van der Waals surface area (Å²) in [5, 5.41) is 5.05. The van der Waals surface area contributed by atoms with Gasteiger partial charge in [0.1, 0.15) is 5.82 Å². The molecule has 1 heterocycles. The molecule has 2 aliphatic rings. The van der Waals surface area contributed by atoms with Gasteiger partial charge in [-0.05, 0) is 48.1 Å². The first-order valence-electron chi connectivity index (χ1n) is 8.83. The number of hydrogen-bond acceptors (Lipinski definition) is 2. The third-order valence-corrected chi connectivity index (χ3v) is 5.14. The summed E-state index contributed by atoms with van der Waals surface area (Å²) in [5.74, 6) is -2.60. The van der Waals surface area contributed by atoms with E-state index in [0.717, 1.165) is 12.1 Å². The zero-order chi connectivity index (χ0) is 20.1. The van der Waals surface area contributed by atoms with Crippen molar-refractivity contribution in [1.29, 1.82) is 0 Å². The van der Waals surface area contributed by atoms with Crippen LogP contribution in [0.4, 0.5) is 28.9 Å². The summed E-state index contributed by atoms with van der Waals surface area (Å²) in [5.41, 5.74) is 0.380. The standard InChI is InChI=1S/C20H16F4N2O2/c21-15-9-16-10(5-6-18(27)25-16)7-17(15)26-19(28)13-8-12(13)11-3-1-2-4-14(11)20(22,23)24/h1-4,7,9,12-13H,5-6,8H2,(H,25,27)(H,26,28)/t12-,13+/m0/s1. The van der Waals surface area contributed by atoms with Gasteiger partial charge in [0, 0.05) is 18.0 Å². The van der Waals surface area contributed by atoms with Crippen molar-refractivity contribution in [3.8, 4) is 0 Å². The van der Waals surface area contributed by atoms with Crippen LogP contribution >= 0.6 is 0 Å². The highest BCUT2D eigenvalue weighted by molar-refractivity contribution is 5.97. The number of amides is 2. The van der Waals surface area contributed by atoms with Gasteiger partial charge in [-0.2, -0.15) is 13.2 Å². The van der Waals surface area contributed by atoms with Gasteiger partial charge >= 0.3 is 6.18 Å². The molecule has 28 heavy (non-hydrogen) atoms. The first-order valence-corrected chi connectivity index (χ1v) is 8.83. The highest BCUT2D eigenvalue weighted by atomic mass is 19.4. The van der Waals surface area contributed by atoms with E-state index < -0.39 is 35.3 Å². The Morgan fingerprint density at radius 2 is 1.89 bits per heavy atom. The molecule has 0 saturated heterocycles. The number of rotatable bonds is 3. The van der Waals surface area contributed by atoms with Crippen molar-refractivity contribution in [2.75, 3.05) is 10.6 Å². The fourth-order valence-electron chi connectivity index (χ4n) is 3.63. The van der Waals surface area contributed by atoms with E-state index in [-0.39, 0.29) is 30.0 Å². The zero-order valence-corrected chi connectivity index (χ0v) is 14.6. The van der Waals surface area contributed by atoms with E-state index >= 15 is 0 Å². The molecule has 1 aliphatic carbocycles. The topological polar surface area (TPSA) is 58.2 Å². The minimum atomic E-state index is -4.49. The smallest absolute Gasteiger partial charge is 0.326 e. The Morgan fingerprint density at radius 3 is 2.64 bits per heavy atom. The molecule has 1 fully saturated rings. The summed E-state index contributed by atoms with van der Waals surface area (Å²) in [6, 6.07) is 7.80. The first-order chi connectivity index (χ1) is 13.2. The lowest BCUT2D eigenvalue weighted by Crippen LogP contribution is -2.21. The van der Waals surface area contributed by atoms with Gasteiger partial charge in [-0.1, -0.05) is 18.2 Å². The van der Waals surface area contributed by atoms with E-state index in [1.54, 1.807) is 0 Å². The SMILES string of the molecule is O=C1CCc2cc(NC(=O)[C@@H]3C[C@H]3c3ccccc3C(F)(F)F)c(F)cc2N1. The molecule has 8 heteroatoms. The van der Waals surface area contributed by atoms with Crippen molar-refractivity contribution < 1.29 is 27.2 Å². The number of carbonyl (C=O) groups is 2. The monoisotopic (exact) mass is 392 g/mol. The van der Waals surface area contributed by atoms with E-state index in [2.05, 4.69) is 10.6 Å². The van der Waals surface area contributed by atoms with Crippen molar-refractivity contribution in [2.24, 2.45) is 5.92 Å². The van der Waals surface area contributed by atoms with Crippen molar-refractivity contribution in [3.63, 3.8) is 0 Å². The third kappa shape index (κ3) is 3.46. The van der Waals surface area contributed by atoms with Crippen LogP contribution in [0.15, 0.2) is 36.4 Å². The number of alkyl halides is 3. The molecule has 0 aromatic heterocycles. The fourth-order valence-corrected chi connectivity index (χ4v) is 3.63. The van der Waals surface area contributed by atoms with Gasteiger partial charge in [-0.25, -0.2) is 4.39 Å². The second kappa shape index (κ2) is 6.61. The molecule has 0 unspecified atom stereocenters. The molecule has 2 amide bonds. The Balaban J connectivity index is 1.51. The molecule has 2 N–H and O–H groups in total. The summed E-state index contributed by atoms with van der Waals surface area (Å²) in [6.07, 6.45) is -3.52. The van der Waals surface area contributed by atoms with Crippen molar-refractivity contribution in [2.45, 2.75) is 31.4 Å². The fraction of sp³-hybridized carbons (Fsp3) is 0.300. The molecule has 1 saturated carbocycles. The molecule has 146 valence electrons. The van der Waals surface area contributed by atoms with E-state index in [1.807, 2.05) is 0 Å². The Kier molecular flexibility index (Phi) is 4.36. The lowest BCUT2D eigenvalue weighted by molar-refractivity contribution is -0.138. The van der Waals surface area contributed by atoms with E-state index in [9.17, 15) is 27.2 Å². The minimum Gasteiger partial charge on any atom is -0.326 e. The average molecular weight is 392 g/mol. The van der Waals surface area contributed by atoms with Crippen molar-refractivity contribution in [1.82, 2.24) is 0 Å². The molecule has 2 atom stereocenters. The van der Waals surface area contributed by atoms with Crippen molar-refractivity contribution in [3.05, 3.63) is 58.9 Å². The Labute approximate surface area is 157 Å². The maximum atomic E-state index is 14.3. The zero-order valence-electron chi connectivity index (χ0n) is 14.6. The van der Waals surface area contributed by atoms with Gasteiger partial charge in [0.2, 0.25) is 11.8 Å². The Morgan fingerprint density at radius 1 is 1.14 bits per heavy atom. The summed E-state index contributed by atoms with van der Waals surface area (Å²) < 4.78 is 53.8. The highest BCUT2D eigenvalue weighted by Gasteiger charge is 2.48. The number of halogens is 4. The highest BCUT2D eigenvalue weighted by Crippen LogP contribution is 2.51. The molecule has 0 radical (unpaired) electrons. The summed E-state index contributed by atoms with van der Waals surface area (Å²) in [4.78, 5) is 23.8. The van der Waals surface area contributed by atoms with Crippen LogP contribution in [0.2, 0.25) is 0 Å². The number of benzene rings is 2. The van der Waals surface area contributed by atoms with Crippen LogP contribution in [0.3, 0.4) is 0 Å². The van der Waals surface area contributed by atoms with Crippen LogP contribution < -0.4 is 10.6 Å². The Bertz CT molecular complexity index is 971. The lowest BCUT2D eigenvalue weighted by Gasteiger charge is -2.18. The lowest BCUT2D eigenvalue weighted by atomic mass is 10.0. The van der Waals surface area contributed by atoms with E-state index in [1.165, 1.54) is 24.3 Å². The normalized spacial score (nSPS) is 20.9. The van der Waals surface area contributed by atoms with Crippen LogP contribution in [0, 0.1) is 11.7 Å². The Hall–Kier alpha value is -2.90. The maximum absolute atomic E-state index is 14.3. The predicted molar refractivity (Wildman–Crippen MR) is 94.3 cm³/mol. The van der Waals surface area contributed by atoms with Crippen LogP contribution in [0.1, 0.15) is 35.4 Å². The van der Waals surface area contributed by atoms with Gasteiger partial charge in [0.15, 0.2) is 0 Å². The van der Waals surface area contributed by atoms with Gasteiger partial charge in [0.05, 0.1) is 11.3 Å². The number of nitrogens with one attached hydrogen (secondary N) is 2. The minimum absolute atomic E-state index is 0.0327. The third-order valence-electron chi connectivity index (χ3n) is 5.14. The number of fused-ring (bicyclic) bond motifs is 1. The van der Waals surface area contributed by atoms with Crippen LogP contribution in [-0.4, -0.2) is 11.8 Å². The van der Waals surface area contributed by atoms with Gasteiger partial charge in [-0.3, -0.25) is 9.59 Å². The number of carbonyl (C=O) groups excluding carboxylic acids is 2. The predicted octanol–water partition coefficient (Wildman–Crippen LogP) is 4.47. The molecule has 0 bridgehead atoms. The molecular weight excluding hydrogens is 376 g/mol. The summed E-state index contributed by atoms with van der Waals surface area (Å²) >= 11 is 0. The molecule has 2 aromatic rings. The molecule has 0 spiro atoms. The largest absolute Gasteiger partial charge is 0.416 e. The average Bonchev–Trinajstić information content (AvgIpc) is 3.42. The second-order valence-corrected chi connectivity index (χ2v) is 7.06. The van der Waals surface area contributed by atoms with Crippen molar-refractivity contribution >= 4 is 23.2 Å². The molecule has 2 aromatic carbocycles. The quantitative estimate of drug-likeness (QED) is 0.758. The second-order valence-electron chi connectivity index (χ2n) is 7.06. The van der Waals surface area contributed by atoms with Gasteiger partial charge in [0.25, 0.3) is 0 Å². The molecule has 1 aliphatic heterocycles. The number of aryl methyl sites for hydroxylation is 1. The first kappa shape index (κ1) is 18.5. The van der Waals surface area contributed by atoms with Crippen LogP contribution in [-0.2, 0) is 22.2 Å². The van der Waals surface area contributed by atoms with E-state index in [4.69, 9.17) is 0 Å². The van der Waals surface area contributed by atoms with Crippen LogP contribution in [0.25, 0.3) is 0 Å². The molecule has 4 rings (SSSR count). The molecular formula is C20H16F4N2O2. The van der Waals surface area contributed by atoms with Gasteiger partial charge in [-0.15, -0.1) is 0 Å². The van der Waals surface area contributed by atoms with Crippen LogP contribution in [0.5, 0.6) is 0 Å². The summed E-state index contributed by atoms with van der Waals surface area (Å²) in [6.45, 7) is 0.